The van der Waals surface area contributed by atoms with Crippen LogP contribution < -0.4 is 0 Å². The SMILES string of the molecule is CCCCCCCCOCC(CO)(CO)COCC(O)CO. The highest BCUT2D eigenvalue weighted by molar-refractivity contribution is 4.77. The number of hydrogen-bond donors (Lipinski definition) is 4. The van der Waals surface area contributed by atoms with Crippen LogP contribution in [0.15, 0.2) is 0 Å². The Bertz CT molecular complexity index is 233. The number of hydrogen-bond acceptors (Lipinski definition) is 6. The highest BCUT2D eigenvalue weighted by atomic mass is 16.5. The molecule has 4 N–H and O–H groups in total. The van der Waals surface area contributed by atoms with Gasteiger partial charge in [-0.1, -0.05) is 39.0 Å². The second kappa shape index (κ2) is 14.4. The summed E-state index contributed by atoms with van der Waals surface area (Å²) < 4.78 is 10.8. The van der Waals surface area contributed by atoms with Gasteiger partial charge in [-0.15, -0.1) is 0 Å². The van der Waals surface area contributed by atoms with Crippen molar-refractivity contribution >= 4 is 0 Å². The minimum absolute atomic E-state index is 0.0321. The molecule has 6 nitrogen and oxygen atoms in total. The van der Waals surface area contributed by atoms with Crippen molar-refractivity contribution in [3.63, 3.8) is 0 Å². The van der Waals surface area contributed by atoms with Gasteiger partial charge < -0.3 is 29.9 Å². The van der Waals surface area contributed by atoms with Crippen molar-refractivity contribution in [1.82, 2.24) is 0 Å². The molecule has 6 heteroatoms. The van der Waals surface area contributed by atoms with E-state index in [-0.39, 0.29) is 39.6 Å². The fraction of sp³-hybridized carbons (Fsp3) is 1.00. The topological polar surface area (TPSA) is 99.4 Å². The number of aliphatic hydroxyl groups excluding tert-OH is 4. The number of ether oxygens (including phenoxy) is 2. The van der Waals surface area contributed by atoms with Crippen LogP contribution in [0.2, 0.25) is 0 Å². The molecular formula is C16H34O6. The largest absolute Gasteiger partial charge is 0.396 e. The first-order valence-electron chi connectivity index (χ1n) is 8.30. The van der Waals surface area contributed by atoms with E-state index >= 15 is 0 Å². The first kappa shape index (κ1) is 21.8. The molecule has 0 aliphatic rings. The Hall–Kier alpha value is -0.240. The normalized spacial score (nSPS) is 13.5. The molecule has 134 valence electrons. The van der Waals surface area contributed by atoms with Crippen molar-refractivity contribution in [2.75, 3.05) is 46.2 Å². The van der Waals surface area contributed by atoms with E-state index in [0.29, 0.717) is 6.61 Å². The van der Waals surface area contributed by atoms with E-state index in [2.05, 4.69) is 6.92 Å². The molecule has 1 unspecified atom stereocenters. The summed E-state index contributed by atoms with van der Waals surface area (Å²) >= 11 is 0. The van der Waals surface area contributed by atoms with Crippen LogP contribution in [0.1, 0.15) is 45.4 Å². The fourth-order valence-corrected chi connectivity index (χ4v) is 2.01. The summed E-state index contributed by atoms with van der Waals surface area (Å²) in [6.45, 7) is 2.17. The summed E-state index contributed by atoms with van der Waals surface area (Å²) in [5, 5.41) is 36.8. The van der Waals surface area contributed by atoms with Gasteiger partial charge in [-0.2, -0.15) is 0 Å². The smallest absolute Gasteiger partial charge is 0.100 e. The Labute approximate surface area is 134 Å². The van der Waals surface area contributed by atoms with Crippen LogP contribution in [0.4, 0.5) is 0 Å². The lowest BCUT2D eigenvalue weighted by Crippen LogP contribution is -2.40. The Balaban J connectivity index is 3.82. The minimum Gasteiger partial charge on any atom is -0.396 e. The van der Waals surface area contributed by atoms with Crippen LogP contribution in [-0.2, 0) is 9.47 Å². The molecule has 0 fully saturated rings. The Morgan fingerprint density at radius 3 is 2.05 bits per heavy atom. The van der Waals surface area contributed by atoms with Gasteiger partial charge in [-0.05, 0) is 6.42 Å². The van der Waals surface area contributed by atoms with Gasteiger partial charge in [-0.25, -0.2) is 0 Å². The molecule has 0 bridgehead atoms. The second-order valence-corrected chi connectivity index (χ2v) is 5.99. The van der Waals surface area contributed by atoms with Gasteiger partial charge in [0.25, 0.3) is 0 Å². The minimum atomic E-state index is -0.945. The molecule has 22 heavy (non-hydrogen) atoms. The lowest BCUT2D eigenvalue weighted by molar-refractivity contribution is -0.0923. The summed E-state index contributed by atoms with van der Waals surface area (Å²) in [4.78, 5) is 0. The molecular weight excluding hydrogens is 288 g/mol. The highest BCUT2D eigenvalue weighted by Crippen LogP contribution is 2.17. The van der Waals surface area contributed by atoms with Crippen LogP contribution in [0.25, 0.3) is 0 Å². The zero-order valence-corrected chi connectivity index (χ0v) is 13.9. The lowest BCUT2D eigenvalue weighted by atomic mass is 9.92. The van der Waals surface area contributed by atoms with Crippen LogP contribution in [0.5, 0.6) is 0 Å². The van der Waals surface area contributed by atoms with Crippen molar-refractivity contribution in [2.24, 2.45) is 5.41 Å². The standard InChI is InChI=1S/C16H34O6/c1-2-3-4-5-6-7-8-21-13-16(11-18,12-19)14-22-10-15(20)9-17/h15,17-20H,2-14H2,1H3. The van der Waals surface area contributed by atoms with Crippen molar-refractivity contribution in [2.45, 2.75) is 51.6 Å². The van der Waals surface area contributed by atoms with E-state index in [1.54, 1.807) is 0 Å². The molecule has 0 saturated heterocycles. The summed E-state index contributed by atoms with van der Waals surface area (Å²) in [6.07, 6.45) is 6.14. The molecule has 0 rings (SSSR count). The predicted octanol–water partition coefficient (Wildman–Crippen LogP) is 0.704. The maximum absolute atomic E-state index is 9.47. The first-order valence-corrected chi connectivity index (χ1v) is 8.30. The molecule has 0 spiro atoms. The van der Waals surface area contributed by atoms with Crippen molar-refractivity contribution in [1.29, 1.82) is 0 Å². The molecule has 0 amide bonds. The van der Waals surface area contributed by atoms with Crippen molar-refractivity contribution in [3.05, 3.63) is 0 Å². The Morgan fingerprint density at radius 2 is 1.45 bits per heavy atom. The summed E-state index contributed by atoms with van der Waals surface area (Å²) in [6, 6.07) is 0. The third kappa shape index (κ3) is 10.5. The van der Waals surface area contributed by atoms with Gasteiger partial charge in [-0.3, -0.25) is 0 Å². The molecule has 0 aliphatic carbocycles. The van der Waals surface area contributed by atoms with Gasteiger partial charge in [0, 0.05) is 6.61 Å². The molecule has 0 aliphatic heterocycles. The Morgan fingerprint density at radius 1 is 0.864 bits per heavy atom. The molecule has 0 saturated carbocycles. The number of unbranched alkanes of at least 4 members (excludes halogenated alkanes) is 5. The molecule has 0 heterocycles. The van der Waals surface area contributed by atoms with E-state index in [4.69, 9.17) is 14.6 Å². The summed E-state index contributed by atoms with van der Waals surface area (Å²) in [7, 11) is 0. The van der Waals surface area contributed by atoms with E-state index in [1.807, 2.05) is 0 Å². The predicted molar refractivity (Wildman–Crippen MR) is 84.7 cm³/mol. The second-order valence-electron chi connectivity index (χ2n) is 5.99. The van der Waals surface area contributed by atoms with Crippen LogP contribution in [0, 0.1) is 5.41 Å². The molecule has 0 aromatic heterocycles. The van der Waals surface area contributed by atoms with Gasteiger partial charge in [0.2, 0.25) is 0 Å². The van der Waals surface area contributed by atoms with Crippen molar-refractivity contribution < 1.29 is 29.9 Å². The lowest BCUT2D eigenvalue weighted by Gasteiger charge is -2.29. The number of rotatable bonds is 16. The van der Waals surface area contributed by atoms with E-state index < -0.39 is 11.5 Å². The summed E-state index contributed by atoms with van der Waals surface area (Å²) in [5.41, 5.74) is -0.864. The fourth-order valence-electron chi connectivity index (χ4n) is 2.01. The molecule has 1 atom stereocenters. The van der Waals surface area contributed by atoms with E-state index in [9.17, 15) is 15.3 Å². The van der Waals surface area contributed by atoms with Crippen LogP contribution in [-0.4, -0.2) is 72.8 Å². The van der Waals surface area contributed by atoms with Crippen LogP contribution >= 0.6 is 0 Å². The van der Waals surface area contributed by atoms with Crippen LogP contribution in [0.3, 0.4) is 0 Å². The van der Waals surface area contributed by atoms with Gasteiger partial charge in [0.1, 0.15) is 6.10 Å². The maximum atomic E-state index is 9.47. The monoisotopic (exact) mass is 322 g/mol. The zero-order chi connectivity index (χ0) is 16.7. The highest BCUT2D eigenvalue weighted by Gasteiger charge is 2.30. The zero-order valence-electron chi connectivity index (χ0n) is 13.9. The Kier molecular flexibility index (Phi) is 14.2. The van der Waals surface area contributed by atoms with E-state index in [0.717, 1.165) is 12.8 Å². The average molecular weight is 322 g/mol. The van der Waals surface area contributed by atoms with Gasteiger partial charge in [0.05, 0.1) is 45.1 Å². The quantitative estimate of drug-likeness (QED) is 0.312. The van der Waals surface area contributed by atoms with Gasteiger partial charge in [0.15, 0.2) is 0 Å². The molecule has 0 aromatic carbocycles. The van der Waals surface area contributed by atoms with E-state index in [1.165, 1.54) is 25.7 Å². The first-order chi connectivity index (χ1) is 10.6. The van der Waals surface area contributed by atoms with Crippen molar-refractivity contribution in [3.8, 4) is 0 Å². The number of aliphatic hydroxyl groups is 4. The third-order valence-corrected chi connectivity index (χ3v) is 3.65. The third-order valence-electron chi connectivity index (χ3n) is 3.65. The molecule has 0 aromatic rings. The maximum Gasteiger partial charge on any atom is 0.100 e. The van der Waals surface area contributed by atoms with Gasteiger partial charge >= 0.3 is 0 Å². The average Bonchev–Trinajstić information content (AvgIpc) is 2.55. The molecule has 0 radical (unpaired) electrons. The summed E-state index contributed by atoms with van der Waals surface area (Å²) in [5.74, 6) is 0.